The predicted molar refractivity (Wildman–Crippen MR) is 109 cm³/mol. The van der Waals surface area contributed by atoms with E-state index in [1.165, 1.54) is 25.7 Å². The van der Waals surface area contributed by atoms with Gasteiger partial charge in [-0.3, -0.25) is 4.84 Å². The Morgan fingerprint density at radius 3 is 1.76 bits per heavy atom. The van der Waals surface area contributed by atoms with Crippen molar-refractivity contribution in [2.45, 2.75) is 71.1 Å². The second-order valence-electron chi connectivity index (χ2n) is 6.05. The molecule has 2 N–H and O–H groups in total. The van der Waals surface area contributed by atoms with Crippen LogP contribution in [0.5, 0.6) is 0 Å². The third-order valence-electron chi connectivity index (χ3n) is 3.65. The Morgan fingerprint density at radius 2 is 1.24 bits per heavy atom. The average Bonchev–Trinajstić information content (AvgIpc) is 2.63. The molecule has 0 spiro atoms. The van der Waals surface area contributed by atoms with Gasteiger partial charge in [0.1, 0.15) is 0 Å². The smallest absolute Gasteiger partial charge is 0.0913 e. The Balaban J connectivity index is 3.32. The number of rotatable bonds is 18. The van der Waals surface area contributed by atoms with Gasteiger partial charge >= 0.3 is 0 Å². The molecule has 25 heavy (non-hydrogen) atoms. The second-order valence-corrected chi connectivity index (χ2v) is 6.05. The molecule has 3 heteroatoms. The van der Waals surface area contributed by atoms with Crippen molar-refractivity contribution in [2.75, 3.05) is 19.8 Å². The molecule has 0 aromatic rings. The summed E-state index contributed by atoms with van der Waals surface area (Å²) in [6.45, 7) is 3.51. The number of hydrogen-bond donors (Lipinski definition) is 2. The van der Waals surface area contributed by atoms with Gasteiger partial charge in [0.2, 0.25) is 0 Å². The maximum atomic E-state index is 8.54. The van der Waals surface area contributed by atoms with Crippen molar-refractivity contribution in [3.05, 3.63) is 48.6 Å². The average molecular weight is 350 g/mol. The standard InChI is InChI=1S/C22H39NO2/c1-2-3-4-5-6-7-8-9-10-11-12-13-14-15-16-17-18-19-20-23-25-22-21-24/h6-7,9-10,12-13,15-16,23-24H,2-5,8,11,14,17-22H2,1H3. The Hall–Kier alpha value is -1.16. The summed E-state index contributed by atoms with van der Waals surface area (Å²) in [4.78, 5) is 4.98. The molecular formula is C22H39NO2. The van der Waals surface area contributed by atoms with Crippen LogP contribution in [-0.4, -0.2) is 24.9 Å². The molecular weight excluding hydrogens is 310 g/mol. The van der Waals surface area contributed by atoms with E-state index in [0.717, 1.165) is 45.1 Å². The lowest BCUT2D eigenvalue weighted by atomic mass is 10.2. The highest BCUT2D eigenvalue weighted by Crippen LogP contribution is 2.01. The number of unbranched alkanes of at least 4 members (excludes halogenated alkanes) is 5. The van der Waals surface area contributed by atoms with Crippen LogP contribution in [0.25, 0.3) is 0 Å². The Bertz CT molecular complexity index is 359. The summed E-state index contributed by atoms with van der Waals surface area (Å²) in [5.41, 5.74) is 2.84. The second kappa shape index (κ2) is 22.8. The van der Waals surface area contributed by atoms with Crippen LogP contribution in [0.2, 0.25) is 0 Å². The van der Waals surface area contributed by atoms with E-state index in [2.05, 4.69) is 61.0 Å². The van der Waals surface area contributed by atoms with E-state index in [4.69, 9.17) is 9.94 Å². The van der Waals surface area contributed by atoms with Crippen molar-refractivity contribution in [1.82, 2.24) is 5.48 Å². The summed E-state index contributed by atoms with van der Waals surface area (Å²) in [6.07, 6.45) is 29.6. The highest BCUT2D eigenvalue weighted by Gasteiger charge is 1.87. The molecule has 0 unspecified atom stereocenters. The molecule has 0 saturated heterocycles. The van der Waals surface area contributed by atoms with Gasteiger partial charge in [-0.1, -0.05) is 68.4 Å². The topological polar surface area (TPSA) is 41.5 Å². The van der Waals surface area contributed by atoms with Gasteiger partial charge in [-0.05, 0) is 51.4 Å². The number of aliphatic hydroxyl groups excluding tert-OH is 1. The summed E-state index contributed by atoms with van der Waals surface area (Å²) >= 11 is 0. The highest BCUT2D eigenvalue weighted by molar-refractivity contribution is 4.99. The van der Waals surface area contributed by atoms with Gasteiger partial charge in [-0.25, -0.2) is 5.48 Å². The van der Waals surface area contributed by atoms with E-state index in [1.807, 2.05) is 0 Å². The van der Waals surface area contributed by atoms with Crippen LogP contribution in [0.15, 0.2) is 48.6 Å². The number of hydroxylamine groups is 1. The SMILES string of the molecule is CCCCCC=CCC=CCC=CCC=CCCCCNOCCO. The van der Waals surface area contributed by atoms with Gasteiger partial charge < -0.3 is 5.11 Å². The van der Waals surface area contributed by atoms with Crippen LogP contribution in [0.1, 0.15) is 71.1 Å². The lowest BCUT2D eigenvalue weighted by Crippen LogP contribution is -2.18. The van der Waals surface area contributed by atoms with Gasteiger partial charge in [-0.2, -0.15) is 0 Å². The van der Waals surface area contributed by atoms with E-state index < -0.39 is 0 Å². The molecule has 0 aromatic carbocycles. The van der Waals surface area contributed by atoms with Crippen molar-refractivity contribution in [3.63, 3.8) is 0 Å². The Morgan fingerprint density at radius 1 is 0.720 bits per heavy atom. The van der Waals surface area contributed by atoms with Crippen LogP contribution in [-0.2, 0) is 4.84 Å². The van der Waals surface area contributed by atoms with E-state index >= 15 is 0 Å². The quantitative estimate of drug-likeness (QED) is 0.191. The monoisotopic (exact) mass is 349 g/mol. The summed E-state index contributed by atoms with van der Waals surface area (Å²) in [5.74, 6) is 0. The lowest BCUT2D eigenvalue weighted by Gasteiger charge is -2.02. The van der Waals surface area contributed by atoms with E-state index in [1.54, 1.807) is 0 Å². The van der Waals surface area contributed by atoms with Crippen LogP contribution >= 0.6 is 0 Å². The first-order chi connectivity index (χ1) is 12.4. The molecule has 0 rings (SSSR count). The number of nitrogens with one attached hydrogen (secondary N) is 1. The molecule has 144 valence electrons. The zero-order valence-electron chi connectivity index (χ0n) is 16.2. The highest BCUT2D eigenvalue weighted by atomic mass is 16.6. The van der Waals surface area contributed by atoms with Crippen LogP contribution in [0.3, 0.4) is 0 Å². The maximum absolute atomic E-state index is 8.54. The molecule has 0 amide bonds. The number of hydrogen-bond acceptors (Lipinski definition) is 3. The first-order valence-electron chi connectivity index (χ1n) is 9.97. The van der Waals surface area contributed by atoms with Crippen LogP contribution < -0.4 is 5.48 Å². The van der Waals surface area contributed by atoms with Gasteiger partial charge in [0.15, 0.2) is 0 Å². The zero-order chi connectivity index (χ0) is 18.3. The number of aliphatic hydroxyl groups is 1. The normalized spacial score (nSPS) is 12.6. The minimum Gasteiger partial charge on any atom is -0.394 e. The van der Waals surface area contributed by atoms with Gasteiger partial charge in [0, 0.05) is 6.54 Å². The molecule has 0 bridgehead atoms. The predicted octanol–water partition coefficient (Wildman–Crippen LogP) is 5.65. The minimum atomic E-state index is 0.0647. The first kappa shape index (κ1) is 23.8. The molecule has 0 heterocycles. The zero-order valence-corrected chi connectivity index (χ0v) is 16.2. The van der Waals surface area contributed by atoms with Gasteiger partial charge in [-0.15, -0.1) is 0 Å². The molecule has 0 atom stereocenters. The molecule has 0 aliphatic carbocycles. The van der Waals surface area contributed by atoms with Crippen molar-refractivity contribution in [2.24, 2.45) is 0 Å². The summed E-state index contributed by atoms with van der Waals surface area (Å²) in [5, 5.41) is 8.54. The van der Waals surface area contributed by atoms with Gasteiger partial charge in [0.05, 0.1) is 13.2 Å². The summed E-state index contributed by atoms with van der Waals surface area (Å²) in [6, 6.07) is 0. The van der Waals surface area contributed by atoms with Crippen molar-refractivity contribution < 1.29 is 9.94 Å². The third-order valence-corrected chi connectivity index (χ3v) is 3.65. The Labute approximate surface area is 155 Å². The van der Waals surface area contributed by atoms with Crippen molar-refractivity contribution in [3.8, 4) is 0 Å². The number of allylic oxidation sites excluding steroid dienone is 8. The maximum Gasteiger partial charge on any atom is 0.0913 e. The third kappa shape index (κ3) is 22.8. The van der Waals surface area contributed by atoms with Crippen LogP contribution in [0, 0.1) is 0 Å². The van der Waals surface area contributed by atoms with Crippen molar-refractivity contribution >= 4 is 0 Å². The van der Waals surface area contributed by atoms with Crippen molar-refractivity contribution in [1.29, 1.82) is 0 Å². The fourth-order valence-corrected chi connectivity index (χ4v) is 2.21. The molecule has 0 aliphatic heterocycles. The fourth-order valence-electron chi connectivity index (χ4n) is 2.21. The summed E-state index contributed by atoms with van der Waals surface area (Å²) < 4.78 is 0. The van der Waals surface area contributed by atoms with Crippen LogP contribution in [0.4, 0.5) is 0 Å². The fraction of sp³-hybridized carbons (Fsp3) is 0.636. The van der Waals surface area contributed by atoms with Gasteiger partial charge in [0.25, 0.3) is 0 Å². The molecule has 0 saturated carbocycles. The summed E-state index contributed by atoms with van der Waals surface area (Å²) in [7, 11) is 0. The van der Waals surface area contributed by atoms with E-state index in [0.29, 0.717) is 6.61 Å². The molecule has 0 radical (unpaired) electrons. The Kier molecular flexibility index (Phi) is 21.8. The minimum absolute atomic E-state index is 0.0647. The lowest BCUT2D eigenvalue weighted by molar-refractivity contribution is 0.0171. The van der Waals surface area contributed by atoms with E-state index in [-0.39, 0.29) is 6.61 Å². The molecule has 0 fully saturated rings. The first-order valence-corrected chi connectivity index (χ1v) is 9.97. The molecule has 0 aromatic heterocycles. The van der Waals surface area contributed by atoms with E-state index in [9.17, 15) is 0 Å². The largest absolute Gasteiger partial charge is 0.394 e. The molecule has 0 aliphatic rings. The molecule has 3 nitrogen and oxygen atoms in total.